The maximum Gasteiger partial charge on any atom is 0.136 e. The molecule has 3 heteroatoms. The summed E-state index contributed by atoms with van der Waals surface area (Å²) in [6, 6.07) is 2.04. The van der Waals surface area contributed by atoms with E-state index >= 15 is 0 Å². The fraction of sp³-hybridized carbons (Fsp3) is 0.500. The van der Waals surface area contributed by atoms with Crippen LogP contribution in [0.3, 0.4) is 0 Å². The summed E-state index contributed by atoms with van der Waals surface area (Å²) >= 11 is 0. The van der Waals surface area contributed by atoms with Crippen molar-refractivity contribution in [1.29, 1.82) is 0 Å². The monoisotopic (exact) mass is 202 g/mol. The Labute approximate surface area is 89.5 Å². The number of aromatic nitrogens is 2. The van der Waals surface area contributed by atoms with E-state index in [1.165, 1.54) is 12.0 Å². The van der Waals surface area contributed by atoms with Gasteiger partial charge in [-0.15, -0.1) is 5.10 Å². The van der Waals surface area contributed by atoms with Crippen LogP contribution in [-0.4, -0.2) is 21.9 Å². The minimum Gasteiger partial charge on any atom is -0.396 e. The maximum atomic E-state index is 8.59. The molecule has 0 spiro atoms. The summed E-state index contributed by atoms with van der Waals surface area (Å²) < 4.78 is 0. The first-order chi connectivity index (χ1) is 7.40. The Morgan fingerprint density at radius 2 is 2.27 bits per heavy atom. The van der Waals surface area contributed by atoms with Gasteiger partial charge in [-0.3, -0.25) is 0 Å². The highest BCUT2D eigenvalue weighted by atomic mass is 16.2. The lowest BCUT2D eigenvalue weighted by Gasteiger charge is -1.95. The number of aliphatic hydroxyl groups is 1. The van der Waals surface area contributed by atoms with Crippen molar-refractivity contribution in [2.45, 2.75) is 32.1 Å². The lowest BCUT2D eigenvalue weighted by Crippen LogP contribution is -1.94. The molecule has 0 unspecified atom stereocenters. The molecule has 0 bridgehead atoms. The summed E-state index contributed by atoms with van der Waals surface area (Å²) in [6.45, 7) is 0.199. The first-order valence-electron chi connectivity index (χ1n) is 5.35. The van der Waals surface area contributed by atoms with Crippen molar-refractivity contribution < 1.29 is 5.11 Å². The molecule has 0 aliphatic heterocycles. The van der Waals surface area contributed by atoms with Gasteiger partial charge in [0.05, 0.1) is 5.69 Å². The van der Waals surface area contributed by atoms with Crippen LogP contribution >= 0.6 is 0 Å². The Hall–Kier alpha value is -1.40. The quantitative estimate of drug-likeness (QED) is 0.577. The highest BCUT2D eigenvalue weighted by Gasteiger charge is 2.12. The zero-order valence-corrected chi connectivity index (χ0v) is 8.66. The van der Waals surface area contributed by atoms with Crippen LogP contribution in [0.15, 0.2) is 6.07 Å². The topological polar surface area (TPSA) is 46.0 Å². The SMILES string of the molecule is OCCCC#Cc1cc2c(nn1)CCC2. The third-order valence-electron chi connectivity index (χ3n) is 2.50. The van der Waals surface area contributed by atoms with Crippen molar-refractivity contribution in [2.75, 3.05) is 6.61 Å². The second kappa shape index (κ2) is 4.90. The fourth-order valence-corrected chi connectivity index (χ4v) is 1.71. The van der Waals surface area contributed by atoms with E-state index in [-0.39, 0.29) is 6.61 Å². The highest BCUT2D eigenvalue weighted by molar-refractivity contribution is 5.33. The Bertz CT molecular complexity index is 404. The largest absolute Gasteiger partial charge is 0.396 e. The molecule has 0 saturated heterocycles. The minimum absolute atomic E-state index is 0.199. The van der Waals surface area contributed by atoms with E-state index in [1.807, 2.05) is 6.07 Å². The number of aryl methyl sites for hydroxylation is 2. The smallest absolute Gasteiger partial charge is 0.136 e. The van der Waals surface area contributed by atoms with Crippen molar-refractivity contribution in [2.24, 2.45) is 0 Å². The van der Waals surface area contributed by atoms with Crippen LogP contribution in [0.25, 0.3) is 0 Å². The van der Waals surface area contributed by atoms with Crippen molar-refractivity contribution in [3.8, 4) is 11.8 Å². The first kappa shape index (κ1) is 10.1. The lowest BCUT2D eigenvalue weighted by atomic mass is 10.2. The van der Waals surface area contributed by atoms with E-state index in [1.54, 1.807) is 0 Å². The second-order valence-corrected chi connectivity index (χ2v) is 3.68. The van der Waals surface area contributed by atoms with Gasteiger partial charge in [0, 0.05) is 13.0 Å². The molecular formula is C12H14N2O. The second-order valence-electron chi connectivity index (χ2n) is 3.68. The van der Waals surface area contributed by atoms with Crippen LogP contribution in [0.5, 0.6) is 0 Å². The van der Waals surface area contributed by atoms with Crippen LogP contribution in [0.2, 0.25) is 0 Å². The molecule has 1 aliphatic rings. The summed E-state index contributed by atoms with van der Waals surface area (Å²) in [4.78, 5) is 0. The molecule has 1 aromatic rings. The minimum atomic E-state index is 0.199. The standard InChI is InChI=1S/C12H14N2O/c15-8-3-1-2-6-11-9-10-5-4-7-12(10)14-13-11/h9,15H,1,3-5,7-8H2. The van der Waals surface area contributed by atoms with Gasteiger partial charge in [-0.1, -0.05) is 5.92 Å². The Balaban J connectivity index is 2.05. The fourth-order valence-electron chi connectivity index (χ4n) is 1.71. The molecule has 1 aliphatic carbocycles. The molecule has 3 nitrogen and oxygen atoms in total. The van der Waals surface area contributed by atoms with Gasteiger partial charge in [0.2, 0.25) is 0 Å². The maximum absolute atomic E-state index is 8.59. The predicted molar refractivity (Wildman–Crippen MR) is 57.3 cm³/mol. The van der Waals surface area contributed by atoms with Gasteiger partial charge >= 0.3 is 0 Å². The van der Waals surface area contributed by atoms with Gasteiger partial charge in [-0.25, -0.2) is 0 Å². The summed E-state index contributed by atoms with van der Waals surface area (Å²) in [7, 11) is 0. The molecule has 0 fully saturated rings. The van der Waals surface area contributed by atoms with Gasteiger partial charge in [-0.2, -0.15) is 5.10 Å². The molecule has 1 N–H and O–H groups in total. The molecular weight excluding hydrogens is 188 g/mol. The lowest BCUT2D eigenvalue weighted by molar-refractivity contribution is 0.290. The third-order valence-corrected chi connectivity index (χ3v) is 2.50. The van der Waals surface area contributed by atoms with E-state index in [9.17, 15) is 0 Å². The van der Waals surface area contributed by atoms with Gasteiger partial charge < -0.3 is 5.11 Å². The zero-order chi connectivity index (χ0) is 10.5. The summed E-state index contributed by atoms with van der Waals surface area (Å²) in [5.74, 6) is 5.96. The average molecular weight is 202 g/mol. The number of rotatable bonds is 2. The number of fused-ring (bicyclic) bond motifs is 1. The van der Waals surface area contributed by atoms with E-state index < -0.39 is 0 Å². The molecule has 78 valence electrons. The summed E-state index contributed by atoms with van der Waals surface area (Å²) in [5, 5.41) is 16.8. The van der Waals surface area contributed by atoms with Gasteiger partial charge in [-0.05, 0) is 43.2 Å². The van der Waals surface area contributed by atoms with Gasteiger partial charge in [0.25, 0.3) is 0 Å². The highest BCUT2D eigenvalue weighted by Crippen LogP contribution is 2.18. The normalized spacial score (nSPS) is 13.1. The molecule has 0 atom stereocenters. The number of hydrogen-bond donors (Lipinski definition) is 1. The number of hydrogen-bond acceptors (Lipinski definition) is 3. The molecule has 2 rings (SSSR count). The average Bonchev–Trinajstić information content (AvgIpc) is 2.71. The predicted octanol–water partition coefficient (Wildman–Crippen LogP) is 1.09. The van der Waals surface area contributed by atoms with Crippen LogP contribution in [0.1, 0.15) is 36.2 Å². The molecule has 1 heterocycles. The Morgan fingerprint density at radius 3 is 3.13 bits per heavy atom. The van der Waals surface area contributed by atoms with Crippen LogP contribution in [0.4, 0.5) is 0 Å². The van der Waals surface area contributed by atoms with E-state index in [4.69, 9.17) is 5.11 Å². The molecule has 15 heavy (non-hydrogen) atoms. The molecule has 0 radical (unpaired) electrons. The van der Waals surface area contributed by atoms with Crippen LogP contribution in [-0.2, 0) is 12.8 Å². The van der Waals surface area contributed by atoms with Gasteiger partial charge in [0.15, 0.2) is 0 Å². The van der Waals surface area contributed by atoms with Crippen molar-refractivity contribution in [3.05, 3.63) is 23.0 Å². The van der Waals surface area contributed by atoms with Crippen LogP contribution in [0, 0.1) is 11.8 Å². The Kier molecular flexibility index (Phi) is 3.31. The Morgan fingerprint density at radius 1 is 1.33 bits per heavy atom. The number of unbranched alkanes of at least 4 members (excludes halogenated alkanes) is 1. The van der Waals surface area contributed by atoms with Crippen LogP contribution < -0.4 is 0 Å². The number of aliphatic hydroxyl groups excluding tert-OH is 1. The first-order valence-corrected chi connectivity index (χ1v) is 5.35. The van der Waals surface area contributed by atoms with Crippen molar-refractivity contribution >= 4 is 0 Å². The number of nitrogens with zero attached hydrogens (tertiary/aromatic N) is 2. The molecule has 0 amide bonds. The van der Waals surface area contributed by atoms with E-state index in [0.717, 1.165) is 37.1 Å². The summed E-state index contributed by atoms with van der Waals surface area (Å²) in [5.41, 5.74) is 3.20. The third kappa shape index (κ3) is 2.54. The van der Waals surface area contributed by atoms with Gasteiger partial charge in [0.1, 0.15) is 5.69 Å². The van der Waals surface area contributed by atoms with E-state index in [2.05, 4.69) is 22.0 Å². The van der Waals surface area contributed by atoms with E-state index in [0.29, 0.717) is 0 Å². The summed E-state index contributed by atoms with van der Waals surface area (Å²) in [6.07, 6.45) is 4.79. The van der Waals surface area contributed by atoms with Crippen molar-refractivity contribution in [3.63, 3.8) is 0 Å². The molecule has 0 aromatic carbocycles. The molecule has 1 aromatic heterocycles. The zero-order valence-electron chi connectivity index (χ0n) is 8.66. The molecule has 0 saturated carbocycles. The van der Waals surface area contributed by atoms with Crippen molar-refractivity contribution in [1.82, 2.24) is 10.2 Å².